The molecule has 0 saturated carbocycles. The molecule has 0 bridgehead atoms. The van der Waals surface area contributed by atoms with Crippen LogP contribution in [0, 0.1) is 0 Å². The van der Waals surface area contributed by atoms with E-state index in [9.17, 15) is 19.8 Å². The van der Waals surface area contributed by atoms with Crippen molar-refractivity contribution < 1.29 is 29.3 Å². The Bertz CT molecular complexity index is 558. The van der Waals surface area contributed by atoms with Crippen LogP contribution in [-0.2, 0) is 9.53 Å². The van der Waals surface area contributed by atoms with Crippen molar-refractivity contribution in [3.63, 3.8) is 0 Å². The van der Waals surface area contributed by atoms with Gasteiger partial charge in [0.05, 0.1) is 18.8 Å². The molecule has 0 aromatic heterocycles. The van der Waals surface area contributed by atoms with E-state index in [0.29, 0.717) is 0 Å². The number of methoxy groups -OCH3 is 2. The predicted octanol–water partition coefficient (Wildman–Crippen LogP) is 0.715. The van der Waals surface area contributed by atoms with Crippen LogP contribution in [0.25, 0.3) is 0 Å². The van der Waals surface area contributed by atoms with Gasteiger partial charge in [-0.2, -0.15) is 0 Å². The Balaban J connectivity index is 2.32. The van der Waals surface area contributed by atoms with Gasteiger partial charge in [0.2, 0.25) is 0 Å². The van der Waals surface area contributed by atoms with Crippen LogP contribution in [0.3, 0.4) is 0 Å². The summed E-state index contributed by atoms with van der Waals surface area (Å²) >= 11 is 0. The molecule has 1 aliphatic rings. The number of carbonyl (C=O) groups is 2. The van der Waals surface area contributed by atoms with Crippen LogP contribution in [0.2, 0.25) is 0 Å². The van der Waals surface area contributed by atoms with Crippen molar-refractivity contribution in [1.82, 2.24) is 4.90 Å². The van der Waals surface area contributed by atoms with Gasteiger partial charge >= 0.3 is 5.97 Å². The molecule has 1 aliphatic heterocycles. The third-order valence-electron chi connectivity index (χ3n) is 3.59. The fourth-order valence-corrected chi connectivity index (χ4v) is 2.44. The van der Waals surface area contributed by atoms with Crippen molar-refractivity contribution in [1.29, 1.82) is 0 Å². The third-order valence-corrected chi connectivity index (χ3v) is 3.59. The smallest absolute Gasteiger partial charge is 0.326 e. The highest BCUT2D eigenvalue weighted by atomic mass is 16.5. The average molecular weight is 295 g/mol. The van der Waals surface area contributed by atoms with E-state index in [0.717, 1.165) is 0 Å². The molecule has 1 fully saturated rings. The van der Waals surface area contributed by atoms with Crippen LogP contribution in [0.5, 0.6) is 11.5 Å². The lowest BCUT2D eigenvalue weighted by Crippen LogP contribution is -2.40. The Morgan fingerprint density at radius 3 is 2.62 bits per heavy atom. The van der Waals surface area contributed by atoms with Gasteiger partial charge in [-0.05, 0) is 12.1 Å². The molecule has 2 unspecified atom stereocenters. The van der Waals surface area contributed by atoms with Gasteiger partial charge < -0.3 is 24.6 Å². The van der Waals surface area contributed by atoms with E-state index in [2.05, 4.69) is 0 Å². The second-order valence-corrected chi connectivity index (χ2v) is 4.76. The standard InChI is InChI=1S/C14H17NO6/c1-20-8-6-10(14(18)19)15(7-8)13(17)9-4-3-5-11(21-2)12(9)16/h3-5,8,10,16H,6-7H2,1-2H3,(H,18,19). The molecule has 7 nitrogen and oxygen atoms in total. The maximum absolute atomic E-state index is 12.5. The van der Waals surface area contributed by atoms with E-state index in [1.807, 2.05) is 0 Å². The van der Waals surface area contributed by atoms with Crippen molar-refractivity contribution in [2.24, 2.45) is 0 Å². The highest BCUT2D eigenvalue weighted by Crippen LogP contribution is 2.32. The minimum Gasteiger partial charge on any atom is -0.504 e. The second kappa shape index (κ2) is 6.01. The number of phenols is 1. The first kappa shape index (κ1) is 15.1. The number of benzene rings is 1. The number of carboxylic acids is 1. The topological polar surface area (TPSA) is 96.3 Å². The molecule has 1 amide bonds. The number of likely N-dealkylation sites (tertiary alicyclic amines) is 1. The first-order valence-corrected chi connectivity index (χ1v) is 6.42. The van der Waals surface area contributed by atoms with Crippen LogP contribution < -0.4 is 4.74 Å². The highest BCUT2D eigenvalue weighted by molar-refractivity contribution is 5.99. The quantitative estimate of drug-likeness (QED) is 0.849. The number of carbonyl (C=O) groups excluding carboxylic acids is 1. The van der Waals surface area contributed by atoms with Crippen molar-refractivity contribution in [3.05, 3.63) is 23.8 Å². The summed E-state index contributed by atoms with van der Waals surface area (Å²) in [7, 11) is 2.85. The zero-order valence-electron chi connectivity index (χ0n) is 11.8. The number of ether oxygens (including phenoxy) is 2. The zero-order valence-corrected chi connectivity index (χ0v) is 11.8. The molecule has 7 heteroatoms. The van der Waals surface area contributed by atoms with E-state index in [1.165, 1.54) is 31.3 Å². The summed E-state index contributed by atoms with van der Waals surface area (Å²) in [6.07, 6.45) is -0.106. The van der Waals surface area contributed by atoms with Crippen molar-refractivity contribution in [2.45, 2.75) is 18.6 Å². The number of hydrogen-bond donors (Lipinski definition) is 2. The lowest BCUT2D eigenvalue weighted by Gasteiger charge is -2.22. The Kier molecular flexibility index (Phi) is 4.32. The number of carboxylic acid groups (broad SMARTS) is 1. The highest BCUT2D eigenvalue weighted by Gasteiger charge is 2.40. The number of rotatable bonds is 4. The predicted molar refractivity (Wildman–Crippen MR) is 72.5 cm³/mol. The molecular weight excluding hydrogens is 278 g/mol. The molecule has 114 valence electrons. The Hall–Kier alpha value is -2.28. The van der Waals surface area contributed by atoms with Gasteiger partial charge in [-0.3, -0.25) is 4.79 Å². The van der Waals surface area contributed by atoms with Crippen molar-refractivity contribution in [2.75, 3.05) is 20.8 Å². The minimum absolute atomic E-state index is 0.0114. The molecular formula is C14H17NO6. The van der Waals surface area contributed by atoms with Crippen LogP contribution in [0.4, 0.5) is 0 Å². The molecule has 21 heavy (non-hydrogen) atoms. The Morgan fingerprint density at radius 1 is 1.33 bits per heavy atom. The van der Waals surface area contributed by atoms with E-state index >= 15 is 0 Å². The number of nitrogens with zero attached hydrogens (tertiary/aromatic N) is 1. The number of hydrogen-bond acceptors (Lipinski definition) is 5. The lowest BCUT2D eigenvalue weighted by molar-refractivity contribution is -0.141. The van der Waals surface area contributed by atoms with Crippen LogP contribution in [-0.4, -0.2) is 59.9 Å². The molecule has 1 heterocycles. The molecule has 1 aromatic rings. The summed E-state index contributed by atoms with van der Waals surface area (Å²) in [5.41, 5.74) is 0.0114. The largest absolute Gasteiger partial charge is 0.504 e. The first-order valence-electron chi connectivity index (χ1n) is 6.42. The van der Waals surface area contributed by atoms with E-state index in [4.69, 9.17) is 9.47 Å². The number of para-hydroxylation sites is 1. The number of phenolic OH excluding ortho intramolecular Hbond substituents is 1. The van der Waals surface area contributed by atoms with Gasteiger partial charge in [0.25, 0.3) is 5.91 Å². The fourth-order valence-electron chi connectivity index (χ4n) is 2.44. The normalized spacial score (nSPS) is 21.3. The van der Waals surface area contributed by atoms with Crippen molar-refractivity contribution in [3.8, 4) is 11.5 Å². The zero-order chi connectivity index (χ0) is 15.6. The van der Waals surface area contributed by atoms with Gasteiger partial charge in [-0.15, -0.1) is 0 Å². The number of amides is 1. The van der Waals surface area contributed by atoms with Gasteiger partial charge in [-0.1, -0.05) is 6.07 Å². The van der Waals surface area contributed by atoms with Gasteiger partial charge in [0.1, 0.15) is 6.04 Å². The monoisotopic (exact) mass is 295 g/mol. The molecule has 2 rings (SSSR count). The van der Waals surface area contributed by atoms with Gasteiger partial charge in [0, 0.05) is 20.1 Å². The molecule has 0 radical (unpaired) electrons. The molecule has 2 N–H and O–H groups in total. The maximum Gasteiger partial charge on any atom is 0.326 e. The summed E-state index contributed by atoms with van der Waals surface area (Å²) in [6.45, 7) is 0.170. The first-order chi connectivity index (χ1) is 9.99. The summed E-state index contributed by atoms with van der Waals surface area (Å²) in [6, 6.07) is 3.54. The van der Waals surface area contributed by atoms with Crippen LogP contribution in [0.15, 0.2) is 18.2 Å². The molecule has 1 aromatic carbocycles. The van der Waals surface area contributed by atoms with Gasteiger partial charge in [0.15, 0.2) is 11.5 Å². The summed E-state index contributed by atoms with van der Waals surface area (Å²) < 4.78 is 10.1. The number of aromatic hydroxyl groups is 1. The minimum atomic E-state index is -1.09. The third kappa shape index (κ3) is 2.78. The summed E-state index contributed by atoms with van der Waals surface area (Å²) in [4.78, 5) is 25.0. The fraction of sp³-hybridized carbons (Fsp3) is 0.429. The number of aliphatic carboxylic acids is 1. The molecule has 2 atom stereocenters. The van der Waals surface area contributed by atoms with E-state index in [-0.39, 0.29) is 36.1 Å². The van der Waals surface area contributed by atoms with Crippen LogP contribution in [0.1, 0.15) is 16.8 Å². The molecule has 1 saturated heterocycles. The molecule has 0 spiro atoms. The van der Waals surface area contributed by atoms with E-state index in [1.54, 1.807) is 6.07 Å². The molecule has 0 aliphatic carbocycles. The summed E-state index contributed by atoms with van der Waals surface area (Å²) in [5, 5.41) is 19.2. The lowest BCUT2D eigenvalue weighted by atomic mass is 10.1. The van der Waals surface area contributed by atoms with Crippen molar-refractivity contribution >= 4 is 11.9 Å². The van der Waals surface area contributed by atoms with E-state index < -0.39 is 17.9 Å². The average Bonchev–Trinajstić information content (AvgIpc) is 2.91. The Morgan fingerprint density at radius 2 is 2.05 bits per heavy atom. The Labute approximate surface area is 121 Å². The second-order valence-electron chi connectivity index (χ2n) is 4.76. The van der Waals surface area contributed by atoms with Crippen LogP contribution >= 0.6 is 0 Å². The maximum atomic E-state index is 12.5. The van der Waals surface area contributed by atoms with Gasteiger partial charge in [-0.25, -0.2) is 4.79 Å². The summed E-state index contributed by atoms with van der Waals surface area (Å²) in [5.74, 6) is -1.78. The SMILES string of the molecule is COc1cccc(C(=O)N2CC(OC)CC2C(=O)O)c1O.